The average Bonchev–Trinajstić information content (AvgIpc) is 3.17. The van der Waals surface area contributed by atoms with Crippen LogP contribution in [0.25, 0.3) is 10.8 Å². The summed E-state index contributed by atoms with van der Waals surface area (Å²) in [6, 6.07) is 37.1. The molecule has 11 heteroatoms. The number of esters is 3. The molecule has 11 nitrogen and oxygen atoms in total. The highest BCUT2D eigenvalue weighted by molar-refractivity contribution is 5.98. The van der Waals surface area contributed by atoms with E-state index >= 15 is 0 Å². The Kier molecular flexibility index (Phi) is 10.2. The minimum atomic E-state index is -1.32. The van der Waals surface area contributed by atoms with E-state index in [4.69, 9.17) is 29.5 Å². The van der Waals surface area contributed by atoms with E-state index in [1.54, 1.807) is 109 Å². The molecule has 5 aromatic rings. The van der Waals surface area contributed by atoms with Gasteiger partial charge in [0, 0.05) is 6.08 Å². The Bertz CT molecular complexity index is 2070. The van der Waals surface area contributed by atoms with Gasteiger partial charge in [-0.05, 0) is 59.3 Å². The first-order valence-corrected chi connectivity index (χ1v) is 15.5. The summed E-state index contributed by atoms with van der Waals surface area (Å²) in [5.41, 5.74) is 7.18. The highest BCUT2D eigenvalue weighted by Gasteiger charge is 2.42. The van der Waals surface area contributed by atoms with Crippen molar-refractivity contribution in [3.05, 3.63) is 168 Å². The first-order chi connectivity index (χ1) is 24.4. The Balaban J connectivity index is 1.30. The molecule has 0 fully saturated rings. The third-order valence-corrected chi connectivity index (χ3v) is 7.64. The Morgan fingerprint density at radius 3 is 1.76 bits per heavy atom. The number of carbonyl (C=O) groups is 4. The topological polar surface area (TPSA) is 153 Å². The van der Waals surface area contributed by atoms with Gasteiger partial charge >= 0.3 is 23.9 Å². The fourth-order valence-corrected chi connectivity index (χ4v) is 5.10. The second-order valence-corrected chi connectivity index (χ2v) is 11.0. The molecule has 0 aliphatic carbocycles. The van der Waals surface area contributed by atoms with Crippen molar-refractivity contribution in [2.75, 3.05) is 6.61 Å². The van der Waals surface area contributed by atoms with Crippen LogP contribution in [-0.4, -0.2) is 54.6 Å². The van der Waals surface area contributed by atoms with E-state index in [1.807, 2.05) is 24.3 Å². The first-order valence-electron chi connectivity index (χ1n) is 15.5. The van der Waals surface area contributed by atoms with Gasteiger partial charge in [0.25, 0.3) is 0 Å². The van der Waals surface area contributed by atoms with E-state index in [9.17, 15) is 19.2 Å². The second kappa shape index (κ2) is 15.4. The fourth-order valence-electron chi connectivity index (χ4n) is 5.10. The van der Waals surface area contributed by atoms with Gasteiger partial charge in [-0.2, -0.15) is 0 Å². The number of amidine groups is 1. The van der Waals surface area contributed by atoms with Crippen molar-refractivity contribution in [1.82, 2.24) is 0 Å². The number of oxime groups is 1. The minimum absolute atomic E-state index is 0.171. The maximum atomic E-state index is 13.3. The lowest BCUT2D eigenvalue weighted by molar-refractivity contribution is -0.102. The smallest absolute Gasteiger partial charge is 0.365 e. The SMILES string of the molecule is N/C(=N\OC(=O)c1ccc2ccccc2c1)C1=C[C@@H](OC(=O)c2ccccc2)[C@H](OC(=O)c2ccccc2)[C@@H](COC(=O)c2ccccc2)O1. The molecule has 0 bridgehead atoms. The van der Waals surface area contributed by atoms with Crippen molar-refractivity contribution in [3.8, 4) is 0 Å². The summed E-state index contributed by atoms with van der Waals surface area (Å²) in [5.74, 6) is -3.52. The Morgan fingerprint density at radius 1 is 0.600 bits per heavy atom. The number of hydrogen-bond acceptors (Lipinski definition) is 10. The highest BCUT2D eigenvalue weighted by atomic mass is 16.7. The molecule has 5 aromatic carbocycles. The van der Waals surface area contributed by atoms with Gasteiger partial charge in [-0.15, -0.1) is 0 Å². The summed E-state index contributed by atoms with van der Waals surface area (Å²) in [6.07, 6.45) is -2.61. The second-order valence-electron chi connectivity index (χ2n) is 11.0. The maximum absolute atomic E-state index is 13.3. The quantitative estimate of drug-likeness (QED) is 0.0478. The zero-order valence-electron chi connectivity index (χ0n) is 26.4. The van der Waals surface area contributed by atoms with Crippen molar-refractivity contribution in [3.63, 3.8) is 0 Å². The van der Waals surface area contributed by atoms with Crippen LogP contribution in [0.3, 0.4) is 0 Å². The molecule has 1 heterocycles. The standard InChI is InChI=1S/C39H30N2O9/c40-35(41-50-39(45)30-21-20-25-12-10-11-19-29(25)22-30)32-23-31(48-37(43)27-15-6-2-7-16-27)34(49-38(44)28-17-8-3-9-18-28)33(47-32)24-46-36(42)26-13-4-1-5-14-26/h1-23,31,33-34H,24H2,(H2,40,41)/t31-,33-,34+/m1/s1. The summed E-state index contributed by atoms with van der Waals surface area (Å²) in [6.45, 7) is -0.457. The van der Waals surface area contributed by atoms with Crippen LogP contribution >= 0.6 is 0 Å². The van der Waals surface area contributed by atoms with Crippen LogP contribution in [0.4, 0.5) is 0 Å². The van der Waals surface area contributed by atoms with E-state index in [1.165, 1.54) is 6.08 Å². The molecular weight excluding hydrogens is 640 g/mol. The summed E-state index contributed by atoms with van der Waals surface area (Å²) in [4.78, 5) is 57.5. The van der Waals surface area contributed by atoms with Gasteiger partial charge in [-0.25, -0.2) is 19.2 Å². The number of hydrogen-bond donors (Lipinski definition) is 1. The molecule has 0 unspecified atom stereocenters. The Morgan fingerprint density at radius 2 is 1.14 bits per heavy atom. The third-order valence-electron chi connectivity index (χ3n) is 7.64. The lowest BCUT2D eigenvalue weighted by Crippen LogP contribution is -2.50. The molecule has 1 aliphatic heterocycles. The van der Waals surface area contributed by atoms with Gasteiger partial charge in [0.15, 0.2) is 24.1 Å². The molecule has 6 rings (SSSR count). The normalized spacial score (nSPS) is 17.1. The summed E-state index contributed by atoms with van der Waals surface area (Å²) < 4.78 is 23.3. The third kappa shape index (κ3) is 8.03. The molecule has 1 aliphatic rings. The van der Waals surface area contributed by atoms with Crippen molar-refractivity contribution in [2.24, 2.45) is 10.9 Å². The monoisotopic (exact) mass is 670 g/mol. The summed E-state index contributed by atoms with van der Waals surface area (Å²) >= 11 is 0. The van der Waals surface area contributed by atoms with E-state index in [0.717, 1.165) is 10.8 Å². The lowest BCUT2D eigenvalue weighted by Gasteiger charge is -2.35. The number of fused-ring (bicyclic) bond motifs is 1. The highest BCUT2D eigenvalue weighted by Crippen LogP contribution is 2.27. The van der Waals surface area contributed by atoms with Gasteiger partial charge in [-0.3, -0.25) is 0 Å². The number of rotatable bonds is 10. The number of ether oxygens (including phenoxy) is 4. The van der Waals surface area contributed by atoms with E-state index in [2.05, 4.69) is 5.16 Å². The van der Waals surface area contributed by atoms with Gasteiger partial charge in [0.1, 0.15) is 6.61 Å². The Labute approximate surface area is 286 Å². The van der Waals surface area contributed by atoms with Crippen molar-refractivity contribution < 1.29 is 43.0 Å². The van der Waals surface area contributed by atoms with Crippen LogP contribution in [0.5, 0.6) is 0 Å². The molecule has 250 valence electrons. The van der Waals surface area contributed by atoms with Crippen LogP contribution in [0.1, 0.15) is 41.4 Å². The fraction of sp³-hybridized carbons (Fsp3) is 0.103. The van der Waals surface area contributed by atoms with Gasteiger partial charge in [-0.1, -0.05) is 90.1 Å². The van der Waals surface area contributed by atoms with E-state index in [-0.39, 0.29) is 28.0 Å². The van der Waals surface area contributed by atoms with Gasteiger partial charge in [0.2, 0.25) is 5.84 Å². The van der Waals surface area contributed by atoms with Crippen molar-refractivity contribution >= 4 is 40.5 Å². The largest absolute Gasteiger partial charge is 0.479 e. The Hall–Kier alpha value is -6.75. The van der Waals surface area contributed by atoms with E-state index < -0.39 is 54.6 Å². The zero-order chi connectivity index (χ0) is 34.9. The molecule has 0 spiro atoms. The van der Waals surface area contributed by atoms with Crippen LogP contribution in [0, 0.1) is 0 Å². The number of carbonyl (C=O) groups excluding carboxylic acids is 4. The van der Waals surface area contributed by atoms with Crippen LogP contribution in [0.2, 0.25) is 0 Å². The molecule has 0 radical (unpaired) electrons. The predicted octanol–water partition coefficient (Wildman–Crippen LogP) is 5.86. The lowest BCUT2D eigenvalue weighted by atomic mass is 10.0. The molecule has 3 atom stereocenters. The zero-order valence-corrected chi connectivity index (χ0v) is 26.4. The first kappa shape index (κ1) is 33.2. The van der Waals surface area contributed by atoms with Crippen molar-refractivity contribution in [1.29, 1.82) is 0 Å². The van der Waals surface area contributed by atoms with Crippen molar-refractivity contribution in [2.45, 2.75) is 18.3 Å². The number of benzene rings is 5. The van der Waals surface area contributed by atoms with Gasteiger partial charge in [0.05, 0.1) is 22.3 Å². The van der Waals surface area contributed by atoms with Gasteiger partial charge < -0.3 is 29.5 Å². The van der Waals surface area contributed by atoms with Crippen LogP contribution < -0.4 is 5.73 Å². The van der Waals surface area contributed by atoms with Crippen LogP contribution in [0.15, 0.2) is 150 Å². The molecule has 0 amide bonds. The average molecular weight is 671 g/mol. The molecule has 0 saturated heterocycles. The molecule has 0 aromatic heterocycles. The summed E-state index contributed by atoms with van der Waals surface area (Å²) in [5, 5.41) is 5.54. The summed E-state index contributed by atoms with van der Waals surface area (Å²) in [7, 11) is 0. The minimum Gasteiger partial charge on any atom is -0.479 e. The molecule has 2 N–H and O–H groups in total. The predicted molar refractivity (Wildman–Crippen MR) is 182 cm³/mol. The number of nitrogens with two attached hydrogens (primary N) is 1. The molecular formula is C39H30N2O9. The molecule has 0 saturated carbocycles. The molecule has 50 heavy (non-hydrogen) atoms. The maximum Gasteiger partial charge on any atom is 0.365 e. The number of nitrogens with zero attached hydrogens (tertiary/aromatic N) is 1. The van der Waals surface area contributed by atoms with E-state index in [0.29, 0.717) is 0 Å². The van der Waals surface area contributed by atoms with Crippen LogP contribution in [-0.2, 0) is 23.8 Å².